The van der Waals surface area contributed by atoms with E-state index in [9.17, 15) is 9.59 Å². The van der Waals surface area contributed by atoms with E-state index in [4.69, 9.17) is 0 Å². The van der Waals surface area contributed by atoms with Gasteiger partial charge in [-0.3, -0.25) is 4.79 Å². The van der Waals surface area contributed by atoms with Crippen LogP contribution in [0.5, 0.6) is 0 Å². The minimum Gasteiger partial charge on any atom is -0.384 e. The van der Waals surface area contributed by atoms with Crippen molar-refractivity contribution in [2.45, 2.75) is 12.0 Å². The van der Waals surface area contributed by atoms with E-state index in [1.165, 1.54) is 0 Å². The first-order chi connectivity index (χ1) is 10.2. The van der Waals surface area contributed by atoms with Crippen LogP contribution in [-0.2, 0) is 4.79 Å². The van der Waals surface area contributed by atoms with E-state index >= 15 is 0 Å². The fourth-order valence-electron chi connectivity index (χ4n) is 3.53. The fourth-order valence-corrected chi connectivity index (χ4v) is 3.53. The minimum atomic E-state index is -0.0992. The van der Waals surface area contributed by atoms with Crippen LogP contribution in [0, 0.1) is 0 Å². The van der Waals surface area contributed by atoms with E-state index in [0.29, 0.717) is 32.7 Å². The second kappa shape index (κ2) is 4.65. The highest BCUT2D eigenvalue weighted by Crippen LogP contribution is 2.32. The summed E-state index contributed by atoms with van der Waals surface area (Å²) in [5, 5.41) is 6.14. The Labute approximate surface area is 123 Å². The number of piperazine rings is 1. The summed E-state index contributed by atoms with van der Waals surface area (Å²) in [7, 11) is 0. The SMILES string of the molecule is O=C(C1CNc2ccccc21)N1CCN2C(=O)NCC2C1. The van der Waals surface area contributed by atoms with E-state index in [1.54, 1.807) is 0 Å². The third-order valence-electron chi connectivity index (χ3n) is 4.68. The number of nitrogens with zero attached hydrogens (tertiary/aromatic N) is 2. The van der Waals surface area contributed by atoms with Gasteiger partial charge in [0.1, 0.15) is 0 Å². The number of amides is 3. The number of urea groups is 1. The number of nitrogens with one attached hydrogen (secondary N) is 2. The lowest BCUT2D eigenvalue weighted by atomic mass is 9.99. The van der Waals surface area contributed by atoms with Crippen molar-refractivity contribution in [2.24, 2.45) is 0 Å². The van der Waals surface area contributed by atoms with Gasteiger partial charge in [-0.2, -0.15) is 0 Å². The van der Waals surface area contributed by atoms with Crippen LogP contribution in [0.25, 0.3) is 0 Å². The zero-order valence-corrected chi connectivity index (χ0v) is 11.7. The van der Waals surface area contributed by atoms with E-state index in [0.717, 1.165) is 11.3 Å². The van der Waals surface area contributed by atoms with Crippen molar-refractivity contribution < 1.29 is 9.59 Å². The number of anilines is 1. The first-order valence-electron chi connectivity index (χ1n) is 7.40. The molecule has 2 atom stereocenters. The second-order valence-corrected chi connectivity index (χ2v) is 5.84. The lowest BCUT2D eigenvalue weighted by molar-refractivity contribution is -0.134. The third-order valence-corrected chi connectivity index (χ3v) is 4.68. The maximum atomic E-state index is 12.8. The first-order valence-corrected chi connectivity index (χ1v) is 7.40. The molecule has 2 saturated heterocycles. The summed E-state index contributed by atoms with van der Waals surface area (Å²) in [5.74, 6) is 0.0734. The number of carbonyl (C=O) groups excluding carboxylic acids is 2. The molecular formula is C15H18N4O2. The fraction of sp³-hybridized carbons (Fsp3) is 0.467. The van der Waals surface area contributed by atoms with Gasteiger partial charge < -0.3 is 20.4 Å². The summed E-state index contributed by atoms with van der Waals surface area (Å²) in [4.78, 5) is 28.2. The van der Waals surface area contributed by atoms with Crippen LogP contribution in [0.1, 0.15) is 11.5 Å². The third kappa shape index (κ3) is 1.93. The predicted molar refractivity (Wildman–Crippen MR) is 78.1 cm³/mol. The van der Waals surface area contributed by atoms with Gasteiger partial charge >= 0.3 is 6.03 Å². The summed E-state index contributed by atoms with van der Waals surface area (Å²) < 4.78 is 0. The maximum absolute atomic E-state index is 12.8. The first kappa shape index (κ1) is 12.5. The standard InChI is InChI=1S/C15H18N4O2/c20-14(12-8-16-13-4-2-1-3-11(12)13)18-5-6-19-10(9-18)7-17-15(19)21/h1-4,10,12,16H,5-9H2,(H,17,21). The zero-order valence-electron chi connectivity index (χ0n) is 11.7. The number of rotatable bonds is 1. The van der Waals surface area contributed by atoms with Gasteiger partial charge in [-0.15, -0.1) is 0 Å². The van der Waals surface area contributed by atoms with Crippen molar-refractivity contribution in [1.82, 2.24) is 15.1 Å². The molecule has 3 amide bonds. The topological polar surface area (TPSA) is 64.7 Å². The monoisotopic (exact) mass is 286 g/mol. The lowest BCUT2D eigenvalue weighted by Gasteiger charge is -2.37. The largest absolute Gasteiger partial charge is 0.384 e. The molecule has 2 N–H and O–H groups in total. The van der Waals surface area contributed by atoms with Crippen molar-refractivity contribution in [3.63, 3.8) is 0 Å². The van der Waals surface area contributed by atoms with Crippen molar-refractivity contribution in [2.75, 3.05) is 38.0 Å². The molecule has 0 saturated carbocycles. The number of hydrogen-bond donors (Lipinski definition) is 2. The molecule has 3 aliphatic heterocycles. The van der Waals surface area contributed by atoms with Crippen LogP contribution in [0.3, 0.4) is 0 Å². The Bertz CT molecular complexity index is 603. The number of fused-ring (bicyclic) bond motifs is 2. The van der Waals surface area contributed by atoms with Crippen molar-refractivity contribution in [3.05, 3.63) is 29.8 Å². The normalized spacial score (nSPS) is 27.0. The molecule has 0 radical (unpaired) electrons. The molecule has 2 fully saturated rings. The van der Waals surface area contributed by atoms with E-state index in [2.05, 4.69) is 10.6 Å². The summed E-state index contributed by atoms with van der Waals surface area (Å²) in [6.07, 6.45) is 0. The molecular weight excluding hydrogens is 268 g/mol. The molecule has 21 heavy (non-hydrogen) atoms. The van der Waals surface area contributed by atoms with Gasteiger partial charge in [-0.25, -0.2) is 4.79 Å². The number of hydrogen-bond acceptors (Lipinski definition) is 3. The molecule has 0 spiro atoms. The molecule has 3 aliphatic rings. The Morgan fingerprint density at radius 1 is 1.14 bits per heavy atom. The molecule has 110 valence electrons. The van der Waals surface area contributed by atoms with Gasteiger partial charge in [0.15, 0.2) is 0 Å². The highest BCUT2D eigenvalue weighted by atomic mass is 16.2. The van der Waals surface area contributed by atoms with Crippen LogP contribution in [0.15, 0.2) is 24.3 Å². The molecule has 2 unspecified atom stereocenters. The highest BCUT2D eigenvalue weighted by molar-refractivity contribution is 5.88. The molecule has 0 aromatic heterocycles. The van der Waals surface area contributed by atoms with Crippen LogP contribution in [0.4, 0.5) is 10.5 Å². The van der Waals surface area contributed by atoms with Gasteiger partial charge in [0, 0.05) is 38.4 Å². The minimum absolute atomic E-state index is 0.0000207. The van der Waals surface area contributed by atoms with Gasteiger partial charge in [-0.1, -0.05) is 18.2 Å². The van der Waals surface area contributed by atoms with Crippen LogP contribution in [-0.4, -0.2) is 60.5 Å². The van der Waals surface area contributed by atoms with E-state index < -0.39 is 0 Å². The average molecular weight is 286 g/mol. The Balaban J connectivity index is 1.51. The highest BCUT2D eigenvalue weighted by Gasteiger charge is 2.39. The molecule has 1 aromatic carbocycles. The Hall–Kier alpha value is -2.24. The smallest absolute Gasteiger partial charge is 0.317 e. The molecule has 0 bridgehead atoms. The quantitative estimate of drug-likeness (QED) is 0.787. The number of benzene rings is 1. The second-order valence-electron chi connectivity index (χ2n) is 5.84. The molecule has 0 aliphatic carbocycles. The average Bonchev–Trinajstić information content (AvgIpc) is 3.10. The van der Waals surface area contributed by atoms with Gasteiger partial charge in [0.25, 0.3) is 0 Å². The molecule has 6 nitrogen and oxygen atoms in total. The molecule has 6 heteroatoms. The predicted octanol–water partition coefficient (Wildman–Crippen LogP) is 0.432. The Morgan fingerprint density at radius 2 is 2.00 bits per heavy atom. The lowest BCUT2D eigenvalue weighted by Crippen LogP contribution is -2.54. The van der Waals surface area contributed by atoms with Crippen molar-refractivity contribution in [3.8, 4) is 0 Å². The summed E-state index contributed by atoms with van der Waals surface area (Å²) in [6.45, 7) is 3.20. The van der Waals surface area contributed by atoms with Crippen molar-refractivity contribution in [1.29, 1.82) is 0 Å². The zero-order chi connectivity index (χ0) is 14.4. The summed E-state index contributed by atoms with van der Waals surface area (Å²) in [5.41, 5.74) is 2.15. The molecule has 3 heterocycles. The Morgan fingerprint density at radius 3 is 2.90 bits per heavy atom. The van der Waals surface area contributed by atoms with Crippen molar-refractivity contribution >= 4 is 17.6 Å². The van der Waals surface area contributed by atoms with E-state index in [1.807, 2.05) is 34.1 Å². The van der Waals surface area contributed by atoms with Gasteiger partial charge in [0.2, 0.25) is 5.91 Å². The number of para-hydroxylation sites is 1. The van der Waals surface area contributed by atoms with Gasteiger partial charge in [0.05, 0.1) is 12.0 Å². The number of carbonyl (C=O) groups is 2. The van der Waals surface area contributed by atoms with Crippen LogP contribution < -0.4 is 10.6 Å². The summed E-state index contributed by atoms with van der Waals surface area (Å²) >= 11 is 0. The Kier molecular flexibility index (Phi) is 2.77. The molecule has 1 aromatic rings. The van der Waals surface area contributed by atoms with Crippen LogP contribution >= 0.6 is 0 Å². The van der Waals surface area contributed by atoms with E-state index in [-0.39, 0.29) is 23.9 Å². The molecule has 4 rings (SSSR count). The maximum Gasteiger partial charge on any atom is 0.317 e. The van der Waals surface area contributed by atoms with Gasteiger partial charge in [-0.05, 0) is 11.6 Å². The summed E-state index contributed by atoms with van der Waals surface area (Å²) in [6, 6.07) is 8.12. The van der Waals surface area contributed by atoms with Crippen LogP contribution in [0.2, 0.25) is 0 Å².